The molecule has 3 rings (SSSR count). The maximum atomic E-state index is 12.4. The maximum Gasteiger partial charge on any atom is 0.410 e. The lowest BCUT2D eigenvalue weighted by molar-refractivity contribution is -0.118. The lowest BCUT2D eigenvalue weighted by Crippen LogP contribution is -2.56. The molecule has 1 aliphatic carbocycles. The first kappa shape index (κ1) is 17.9. The molecule has 0 radical (unpaired) electrons. The lowest BCUT2D eigenvalue weighted by atomic mass is 9.66. The highest BCUT2D eigenvalue weighted by atomic mass is 16.5. The molecule has 2 fully saturated rings. The predicted molar refractivity (Wildman–Crippen MR) is 92.9 cm³/mol. The highest BCUT2D eigenvalue weighted by Crippen LogP contribution is 2.51. The van der Waals surface area contributed by atoms with Crippen molar-refractivity contribution >= 4 is 6.09 Å². The van der Waals surface area contributed by atoms with E-state index in [9.17, 15) is 9.90 Å². The second-order valence-corrected chi connectivity index (χ2v) is 6.92. The molecule has 1 heterocycles. The quantitative estimate of drug-likeness (QED) is 0.908. The summed E-state index contributed by atoms with van der Waals surface area (Å²) in [6.07, 6.45) is 3.92. The number of nitrogens with zero attached hydrogens (tertiary/aromatic N) is 1. The van der Waals surface area contributed by atoms with Crippen molar-refractivity contribution in [2.75, 3.05) is 27.9 Å². The van der Waals surface area contributed by atoms with E-state index in [0.717, 1.165) is 31.2 Å². The normalized spacial score (nSPS) is 28.9. The number of ether oxygens (including phenoxy) is 3. The van der Waals surface area contributed by atoms with Crippen LogP contribution in [0.15, 0.2) is 18.2 Å². The minimum absolute atomic E-state index is 0.0462. The summed E-state index contributed by atoms with van der Waals surface area (Å²) >= 11 is 0. The molecule has 2 aliphatic rings. The van der Waals surface area contributed by atoms with E-state index in [1.165, 1.54) is 7.11 Å². The molecule has 1 aromatic carbocycles. The third-order valence-corrected chi connectivity index (χ3v) is 5.73. The van der Waals surface area contributed by atoms with Gasteiger partial charge in [-0.1, -0.05) is 12.8 Å². The molecule has 1 N–H and O–H groups in total. The highest BCUT2D eigenvalue weighted by molar-refractivity contribution is 5.69. The maximum absolute atomic E-state index is 12.4. The van der Waals surface area contributed by atoms with Crippen LogP contribution >= 0.6 is 0 Å². The number of methoxy groups -OCH3 is 3. The number of aliphatic hydroxyl groups is 1. The Balaban J connectivity index is 2.10. The first-order valence-electron chi connectivity index (χ1n) is 8.83. The van der Waals surface area contributed by atoms with Gasteiger partial charge in [-0.2, -0.15) is 0 Å². The van der Waals surface area contributed by atoms with Gasteiger partial charge in [0.2, 0.25) is 0 Å². The van der Waals surface area contributed by atoms with Crippen LogP contribution in [-0.4, -0.2) is 49.6 Å². The van der Waals surface area contributed by atoms with Gasteiger partial charge in [-0.15, -0.1) is 0 Å². The Morgan fingerprint density at radius 1 is 1.20 bits per heavy atom. The Morgan fingerprint density at radius 3 is 2.68 bits per heavy atom. The molecule has 6 heteroatoms. The standard InChI is InChI=1S/C19H27NO5/c1-23-13-7-8-16(24-2)14(12-13)17-15-6-4-5-9-19(15,22)10-11-20(17)18(21)25-3/h7-8,12,15,17,22H,4-6,9-11H2,1-3H3/t15-,17-,19+/m1/s1. The summed E-state index contributed by atoms with van der Waals surface area (Å²) in [5.74, 6) is 1.34. The van der Waals surface area contributed by atoms with Crippen LogP contribution in [0.25, 0.3) is 0 Å². The Labute approximate surface area is 148 Å². The van der Waals surface area contributed by atoms with Gasteiger partial charge in [-0.3, -0.25) is 0 Å². The van der Waals surface area contributed by atoms with E-state index in [0.29, 0.717) is 24.5 Å². The van der Waals surface area contributed by atoms with Crippen molar-refractivity contribution in [1.82, 2.24) is 4.90 Å². The fraction of sp³-hybridized carbons (Fsp3) is 0.632. The summed E-state index contributed by atoms with van der Waals surface area (Å²) in [5.41, 5.74) is 0.110. The lowest BCUT2D eigenvalue weighted by Gasteiger charge is -2.52. The van der Waals surface area contributed by atoms with Gasteiger partial charge in [0, 0.05) is 18.0 Å². The van der Waals surface area contributed by atoms with Crippen LogP contribution in [0.5, 0.6) is 11.5 Å². The molecule has 1 saturated carbocycles. The predicted octanol–water partition coefficient (Wildman–Crippen LogP) is 3.14. The smallest absolute Gasteiger partial charge is 0.410 e. The number of carbonyl (C=O) groups is 1. The van der Waals surface area contributed by atoms with E-state index in [1.54, 1.807) is 19.1 Å². The van der Waals surface area contributed by atoms with Crippen LogP contribution in [0.1, 0.15) is 43.7 Å². The fourth-order valence-electron chi connectivity index (χ4n) is 4.46. The number of hydrogen-bond acceptors (Lipinski definition) is 5. The van der Waals surface area contributed by atoms with Crippen molar-refractivity contribution in [3.8, 4) is 11.5 Å². The first-order valence-corrected chi connectivity index (χ1v) is 8.83. The van der Waals surface area contributed by atoms with Crippen molar-refractivity contribution in [2.24, 2.45) is 5.92 Å². The van der Waals surface area contributed by atoms with Crippen LogP contribution in [0, 0.1) is 5.92 Å². The molecule has 1 aliphatic heterocycles. The second kappa shape index (κ2) is 7.12. The van der Waals surface area contributed by atoms with Crippen molar-refractivity contribution in [2.45, 2.75) is 43.7 Å². The fourth-order valence-corrected chi connectivity index (χ4v) is 4.46. The van der Waals surface area contributed by atoms with E-state index in [-0.39, 0.29) is 18.1 Å². The topological polar surface area (TPSA) is 68.2 Å². The minimum atomic E-state index is -0.748. The van der Waals surface area contributed by atoms with Gasteiger partial charge in [0.05, 0.1) is 33.0 Å². The van der Waals surface area contributed by atoms with E-state index >= 15 is 0 Å². The molecule has 0 aromatic heterocycles. The van der Waals surface area contributed by atoms with Crippen molar-refractivity contribution in [1.29, 1.82) is 0 Å². The number of amides is 1. The molecule has 138 valence electrons. The summed E-state index contributed by atoms with van der Waals surface area (Å²) in [5, 5.41) is 11.2. The highest BCUT2D eigenvalue weighted by Gasteiger charge is 2.51. The van der Waals surface area contributed by atoms with Crippen molar-refractivity contribution < 1.29 is 24.1 Å². The second-order valence-electron chi connectivity index (χ2n) is 6.92. The number of fused-ring (bicyclic) bond motifs is 1. The number of benzene rings is 1. The van der Waals surface area contributed by atoms with Crippen molar-refractivity contribution in [3.63, 3.8) is 0 Å². The number of rotatable bonds is 3. The summed E-state index contributed by atoms with van der Waals surface area (Å²) in [7, 11) is 4.62. The van der Waals surface area contributed by atoms with Gasteiger partial charge >= 0.3 is 6.09 Å². The number of hydrogen-bond donors (Lipinski definition) is 1. The zero-order valence-corrected chi connectivity index (χ0v) is 15.2. The third kappa shape index (κ3) is 3.15. The van der Waals surface area contributed by atoms with Crippen molar-refractivity contribution in [3.05, 3.63) is 23.8 Å². The first-order chi connectivity index (χ1) is 12.0. The summed E-state index contributed by atoms with van der Waals surface area (Å²) in [4.78, 5) is 14.2. The van der Waals surface area contributed by atoms with Crippen LogP contribution < -0.4 is 9.47 Å². The molecular formula is C19H27NO5. The number of piperidine rings is 1. The molecule has 1 amide bonds. The molecule has 0 bridgehead atoms. The van der Waals surface area contributed by atoms with E-state index in [1.807, 2.05) is 18.2 Å². The Bertz CT molecular complexity index is 634. The van der Waals surface area contributed by atoms with Gasteiger partial charge in [0.15, 0.2) is 0 Å². The number of carbonyl (C=O) groups excluding carboxylic acids is 1. The Kier molecular flexibility index (Phi) is 5.08. The molecule has 1 aromatic rings. The summed E-state index contributed by atoms with van der Waals surface area (Å²) in [6.45, 7) is 0.463. The molecule has 6 nitrogen and oxygen atoms in total. The summed E-state index contributed by atoms with van der Waals surface area (Å²) in [6, 6.07) is 5.29. The van der Waals surface area contributed by atoms with Gasteiger partial charge in [-0.25, -0.2) is 4.79 Å². The van der Waals surface area contributed by atoms with Gasteiger partial charge < -0.3 is 24.2 Å². The zero-order chi connectivity index (χ0) is 18.0. The molecule has 25 heavy (non-hydrogen) atoms. The van der Waals surface area contributed by atoms with Crippen LogP contribution in [0.4, 0.5) is 4.79 Å². The molecule has 1 saturated heterocycles. The van der Waals surface area contributed by atoms with Crippen LogP contribution in [-0.2, 0) is 4.74 Å². The monoisotopic (exact) mass is 349 g/mol. The van der Waals surface area contributed by atoms with E-state index in [2.05, 4.69) is 0 Å². The molecule has 0 unspecified atom stereocenters. The Hall–Kier alpha value is -1.95. The average molecular weight is 349 g/mol. The summed E-state index contributed by atoms with van der Waals surface area (Å²) < 4.78 is 15.9. The van der Waals surface area contributed by atoms with Gasteiger partial charge in [0.1, 0.15) is 11.5 Å². The van der Waals surface area contributed by atoms with E-state index in [4.69, 9.17) is 14.2 Å². The minimum Gasteiger partial charge on any atom is -0.497 e. The number of likely N-dealkylation sites (tertiary alicyclic amines) is 1. The van der Waals surface area contributed by atoms with Crippen LogP contribution in [0.2, 0.25) is 0 Å². The average Bonchev–Trinajstić information content (AvgIpc) is 2.65. The SMILES string of the molecule is COC(=O)N1CC[C@@]2(O)CCCC[C@@H]2[C@H]1c1cc(OC)ccc1OC. The van der Waals surface area contributed by atoms with Gasteiger partial charge in [0.25, 0.3) is 0 Å². The molecule has 3 atom stereocenters. The van der Waals surface area contributed by atoms with E-state index < -0.39 is 5.60 Å². The third-order valence-electron chi connectivity index (χ3n) is 5.73. The zero-order valence-electron chi connectivity index (χ0n) is 15.2. The molecule has 0 spiro atoms. The van der Waals surface area contributed by atoms with Gasteiger partial charge in [-0.05, 0) is 37.5 Å². The largest absolute Gasteiger partial charge is 0.497 e. The van der Waals surface area contributed by atoms with Crippen LogP contribution in [0.3, 0.4) is 0 Å². The Morgan fingerprint density at radius 2 is 2.00 bits per heavy atom. The molecular weight excluding hydrogens is 322 g/mol.